The van der Waals surface area contributed by atoms with Crippen LogP contribution in [0.2, 0.25) is 0 Å². The summed E-state index contributed by atoms with van der Waals surface area (Å²) in [4.78, 5) is 37.9. The van der Waals surface area contributed by atoms with Crippen molar-refractivity contribution < 1.29 is 19.1 Å². The minimum atomic E-state index is -1.11. The maximum atomic E-state index is 12.7. The molecule has 1 aliphatic heterocycles. The molecule has 1 atom stereocenters. The van der Waals surface area contributed by atoms with Gasteiger partial charge in [-0.25, -0.2) is 4.79 Å². The van der Waals surface area contributed by atoms with Gasteiger partial charge in [-0.05, 0) is 24.5 Å². The molecule has 0 spiro atoms. The summed E-state index contributed by atoms with van der Waals surface area (Å²) in [6, 6.07) is 6.78. The zero-order chi connectivity index (χ0) is 18.6. The fourth-order valence-electron chi connectivity index (χ4n) is 2.76. The van der Waals surface area contributed by atoms with Crippen LogP contribution >= 0.6 is 0 Å². The summed E-state index contributed by atoms with van der Waals surface area (Å²) in [6.07, 6.45) is 0.283. The van der Waals surface area contributed by atoms with E-state index in [9.17, 15) is 14.4 Å². The molecule has 7 heteroatoms. The van der Waals surface area contributed by atoms with E-state index in [0.29, 0.717) is 18.2 Å². The Hall–Kier alpha value is -2.57. The number of ether oxygens (including phenoxy) is 1. The van der Waals surface area contributed by atoms with Crippen molar-refractivity contribution in [3.63, 3.8) is 0 Å². The molecule has 0 bridgehead atoms. The summed E-state index contributed by atoms with van der Waals surface area (Å²) in [6.45, 7) is 5.82. The standard InChI is InChI=1S/C18H25N3O4/c1-12(2)10-19-15(22)11-21-16(23)18(3,20-17(21)24)9-13-7-5-6-8-14(13)25-4/h5-8,12H,9-11H2,1-4H3,(H,19,22)(H,20,24)/t18-/m1/s1. The number of rotatable bonds is 7. The molecule has 1 aromatic carbocycles. The molecule has 0 unspecified atom stereocenters. The highest BCUT2D eigenvalue weighted by molar-refractivity contribution is 6.09. The third kappa shape index (κ3) is 4.29. The van der Waals surface area contributed by atoms with Crippen molar-refractivity contribution in [3.8, 4) is 5.75 Å². The number of nitrogens with zero attached hydrogens (tertiary/aromatic N) is 1. The molecule has 1 aromatic rings. The fraction of sp³-hybridized carbons (Fsp3) is 0.500. The third-order valence-corrected chi connectivity index (χ3v) is 4.09. The zero-order valence-corrected chi connectivity index (χ0v) is 15.1. The number of benzene rings is 1. The van der Waals surface area contributed by atoms with E-state index >= 15 is 0 Å². The molecule has 2 N–H and O–H groups in total. The zero-order valence-electron chi connectivity index (χ0n) is 15.1. The van der Waals surface area contributed by atoms with Gasteiger partial charge in [-0.3, -0.25) is 14.5 Å². The maximum Gasteiger partial charge on any atom is 0.325 e. The second kappa shape index (κ2) is 7.55. The molecule has 1 heterocycles. The lowest BCUT2D eigenvalue weighted by molar-refractivity contribution is -0.134. The third-order valence-electron chi connectivity index (χ3n) is 4.09. The number of carbonyl (C=O) groups is 3. The van der Waals surface area contributed by atoms with E-state index in [1.807, 2.05) is 32.0 Å². The molecule has 136 valence electrons. The minimum absolute atomic E-state index is 0.279. The van der Waals surface area contributed by atoms with E-state index in [4.69, 9.17) is 4.74 Å². The van der Waals surface area contributed by atoms with E-state index in [2.05, 4.69) is 10.6 Å². The summed E-state index contributed by atoms with van der Waals surface area (Å²) in [7, 11) is 1.56. The van der Waals surface area contributed by atoms with Crippen LogP contribution in [-0.2, 0) is 16.0 Å². The molecule has 0 saturated carbocycles. The largest absolute Gasteiger partial charge is 0.496 e. The Kier molecular flexibility index (Phi) is 5.66. The topological polar surface area (TPSA) is 87.7 Å². The van der Waals surface area contributed by atoms with Crippen molar-refractivity contribution in [2.45, 2.75) is 32.7 Å². The molecule has 1 aliphatic rings. The molecular weight excluding hydrogens is 322 g/mol. The first-order valence-electron chi connectivity index (χ1n) is 8.29. The first-order valence-corrected chi connectivity index (χ1v) is 8.29. The average Bonchev–Trinajstić information content (AvgIpc) is 2.76. The Balaban J connectivity index is 2.09. The SMILES string of the molecule is COc1ccccc1C[C@@]1(C)NC(=O)N(CC(=O)NCC(C)C)C1=O. The lowest BCUT2D eigenvalue weighted by Gasteiger charge is -2.22. The van der Waals surface area contributed by atoms with Crippen LogP contribution in [0.25, 0.3) is 0 Å². The van der Waals surface area contributed by atoms with Crippen LogP contribution in [0.1, 0.15) is 26.3 Å². The van der Waals surface area contributed by atoms with Gasteiger partial charge in [0.2, 0.25) is 5.91 Å². The van der Waals surface area contributed by atoms with Gasteiger partial charge >= 0.3 is 6.03 Å². The van der Waals surface area contributed by atoms with Crippen molar-refractivity contribution in [1.82, 2.24) is 15.5 Å². The molecule has 0 radical (unpaired) electrons. The van der Waals surface area contributed by atoms with Crippen LogP contribution in [0.5, 0.6) is 5.75 Å². The van der Waals surface area contributed by atoms with Crippen molar-refractivity contribution in [3.05, 3.63) is 29.8 Å². The van der Waals surface area contributed by atoms with E-state index in [-0.39, 0.29) is 18.9 Å². The number of urea groups is 1. The number of imide groups is 1. The molecule has 0 aromatic heterocycles. The second-order valence-corrected chi connectivity index (χ2v) is 6.84. The molecule has 1 fully saturated rings. The lowest BCUT2D eigenvalue weighted by Crippen LogP contribution is -2.47. The van der Waals surface area contributed by atoms with Gasteiger partial charge in [-0.2, -0.15) is 0 Å². The first-order chi connectivity index (χ1) is 11.8. The van der Waals surface area contributed by atoms with E-state index in [1.165, 1.54) is 0 Å². The highest BCUT2D eigenvalue weighted by Crippen LogP contribution is 2.27. The Labute approximate surface area is 147 Å². The molecule has 1 saturated heterocycles. The molecule has 2 rings (SSSR count). The highest BCUT2D eigenvalue weighted by Gasteiger charge is 2.48. The van der Waals surface area contributed by atoms with Gasteiger partial charge in [0.05, 0.1) is 7.11 Å². The predicted octanol–water partition coefficient (Wildman–Crippen LogP) is 1.32. The number of carbonyl (C=O) groups excluding carboxylic acids is 3. The lowest BCUT2D eigenvalue weighted by atomic mass is 9.92. The van der Waals surface area contributed by atoms with Gasteiger partial charge in [-0.15, -0.1) is 0 Å². The summed E-state index contributed by atoms with van der Waals surface area (Å²) in [5, 5.41) is 5.41. The smallest absolute Gasteiger partial charge is 0.325 e. The van der Waals surface area contributed by atoms with Crippen LogP contribution < -0.4 is 15.4 Å². The van der Waals surface area contributed by atoms with Crippen LogP contribution in [0.4, 0.5) is 4.79 Å². The maximum absolute atomic E-state index is 12.7. The van der Waals surface area contributed by atoms with Gasteiger partial charge in [0.1, 0.15) is 17.8 Å². The van der Waals surface area contributed by atoms with Gasteiger partial charge in [-0.1, -0.05) is 32.0 Å². The van der Waals surface area contributed by atoms with Crippen LogP contribution in [0, 0.1) is 5.92 Å². The van der Waals surface area contributed by atoms with Crippen LogP contribution in [-0.4, -0.2) is 48.5 Å². The molecular formula is C18H25N3O4. The Morgan fingerprint density at radius 3 is 2.64 bits per heavy atom. The summed E-state index contributed by atoms with van der Waals surface area (Å²) >= 11 is 0. The van der Waals surface area contributed by atoms with Crippen molar-refractivity contribution >= 4 is 17.8 Å². The van der Waals surface area contributed by atoms with Crippen molar-refractivity contribution in [2.75, 3.05) is 20.2 Å². The van der Waals surface area contributed by atoms with Crippen molar-refractivity contribution in [2.24, 2.45) is 5.92 Å². The average molecular weight is 347 g/mol. The number of hydrogen-bond acceptors (Lipinski definition) is 4. The van der Waals surface area contributed by atoms with Gasteiger partial charge in [0, 0.05) is 13.0 Å². The number of hydrogen-bond donors (Lipinski definition) is 2. The predicted molar refractivity (Wildman–Crippen MR) is 93.2 cm³/mol. The Bertz CT molecular complexity index is 674. The summed E-state index contributed by atoms with van der Waals surface area (Å²) in [5.41, 5.74) is -0.295. The Morgan fingerprint density at radius 2 is 2.00 bits per heavy atom. The van der Waals surface area contributed by atoms with E-state index in [1.54, 1.807) is 20.1 Å². The number of para-hydroxylation sites is 1. The number of amides is 4. The molecule has 0 aliphatic carbocycles. The Morgan fingerprint density at radius 1 is 1.32 bits per heavy atom. The quantitative estimate of drug-likeness (QED) is 0.728. The van der Waals surface area contributed by atoms with E-state index < -0.39 is 17.5 Å². The van der Waals surface area contributed by atoms with Gasteiger partial charge in [0.25, 0.3) is 5.91 Å². The number of methoxy groups -OCH3 is 1. The minimum Gasteiger partial charge on any atom is -0.496 e. The number of nitrogens with one attached hydrogen (secondary N) is 2. The van der Waals surface area contributed by atoms with Crippen LogP contribution in [0.3, 0.4) is 0 Å². The first kappa shape index (κ1) is 18.8. The summed E-state index contributed by atoms with van der Waals surface area (Å²) < 4.78 is 5.31. The second-order valence-electron chi connectivity index (χ2n) is 6.84. The molecule has 4 amide bonds. The highest BCUT2D eigenvalue weighted by atomic mass is 16.5. The van der Waals surface area contributed by atoms with Crippen LogP contribution in [0.15, 0.2) is 24.3 Å². The van der Waals surface area contributed by atoms with Crippen molar-refractivity contribution in [1.29, 1.82) is 0 Å². The summed E-state index contributed by atoms with van der Waals surface area (Å²) in [5.74, 6) is 0.184. The van der Waals surface area contributed by atoms with Gasteiger partial charge < -0.3 is 15.4 Å². The van der Waals surface area contributed by atoms with E-state index in [0.717, 1.165) is 10.5 Å². The fourth-order valence-corrected chi connectivity index (χ4v) is 2.76. The molecule has 25 heavy (non-hydrogen) atoms. The van der Waals surface area contributed by atoms with Gasteiger partial charge in [0.15, 0.2) is 0 Å². The monoisotopic (exact) mass is 347 g/mol. The normalized spacial score (nSPS) is 20.0. The molecule has 7 nitrogen and oxygen atoms in total.